The van der Waals surface area contributed by atoms with Crippen LogP contribution in [0, 0.1) is 35.2 Å². The van der Waals surface area contributed by atoms with Crippen LogP contribution < -0.4 is 4.72 Å². The molecule has 0 radical (unpaired) electrons. The SMILES string of the molecule is C#CCCCCNS(=O)(=O)c1cc([N+](=O)[O-])c(F)cc1C. The zero-order valence-electron chi connectivity index (χ0n) is 11.4. The molecule has 0 aromatic heterocycles. The Hall–Kier alpha value is -1.98. The van der Waals surface area contributed by atoms with Gasteiger partial charge >= 0.3 is 5.69 Å². The second kappa shape index (κ2) is 7.15. The van der Waals surface area contributed by atoms with Crippen molar-refractivity contribution in [1.82, 2.24) is 4.72 Å². The van der Waals surface area contributed by atoms with E-state index in [9.17, 15) is 22.9 Å². The number of terminal acetylenes is 1. The maximum Gasteiger partial charge on any atom is 0.306 e. The minimum Gasteiger partial charge on any atom is -0.258 e. The number of halogens is 1. The van der Waals surface area contributed by atoms with Crippen LogP contribution in [-0.4, -0.2) is 19.9 Å². The summed E-state index contributed by atoms with van der Waals surface area (Å²) >= 11 is 0. The Morgan fingerprint density at radius 1 is 1.43 bits per heavy atom. The summed E-state index contributed by atoms with van der Waals surface area (Å²) in [6.45, 7) is 1.54. The number of rotatable bonds is 7. The second-order valence-corrected chi connectivity index (χ2v) is 6.12. The molecule has 8 heteroatoms. The number of aryl methyl sites for hydroxylation is 1. The lowest BCUT2D eigenvalue weighted by molar-refractivity contribution is -0.387. The monoisotopic (exact) mass is 314 g/mol. The fourth-order valence-corrected chi connectivity index (χ4v) is 3.03. The number of nitro benzene ring substituents is 1. The zero-order valence-corrected chi connectivity index (χ0v) is 12.2. The van der Waals surface area contributed by atoms with Crippen molar-refractivity contribution in [3.05, 3.63) is 33.6 Å². The first-order valence-corrected chi connectivity index (χ1v) is 7.65. The van der Waals surface area contributed by atoms with Gasteiger partial charge < -0.3 is 0 Å². The molecule has 1 aromatic rings. The Morgan fingerprint density at radius 2 is 2.10 bits per heavy atom. The van der Waals surface area contributed by atoms with Crippen molar-refractivity contribution in [3.63, 3.8) is 0 Å². The number of sulfonamides is 1. The smallest absolute Gasteiger partial charge is 0.258 e. The first kappa shape index (κ1) is 17.1. The predicted molar refractivity (Wildman–Crippen MR) is 75.7 cm³/mol. The van der Waals surface area contributed by atoms with E-state index in [-0.39, 0.29) is 17.0 Å². The van der Waals surface area contributed by atoms with E-state index in [4.69, 9.17) is 6.42 Å². The van der Waals surface area contributed by atoms with E-state index < -0.39 is 26.5 Å². The maximum atomic E-state index is 13.4. The van der Waals surface area contributed by atoms with Crippen LogP contribution in [0.25, 0.3) is 0 Å². The summed E-state index contributed by atoms with van der Waals surface area (Å²) in [5, 5.41) is 10.7. The molecular weight excluding hydrogens is 299 g/mol. The molecule has 0 aliphatic rings. The third-order valence-electron chi connectivity index (χ3n) is 2.77. The molecule has 0 saturated heterocycles. The van der Waals surface area contributed by atoms with Crippen molar-refractivity contribution in [3.8, 4) is 12.3 Å². The lowest BCUT2D eigenvalue weighted by Crippen LogP contribution is -2.25. The first-order chi connectivity index (χ1) is 9.79. The number of nitrogens with zero attached hydrogens (tertiary/aromatic N) is 1. The van der Waals surface area contributed by atoms with Crippen LogP contribution in [0.15, 0.2) is 17.0 Å². The van der Waals surface area contributed by atoms with E-state index in [1.165, 1.54) is 6.92 Å². The Bertz CT molecular complexity index is 680. The fraction of sp³-hybridized carbons (Fsp3) is 0.385. The van der Waals surface area contributed by atoms with Crippen LogP contribution in [0.5, 0.6) is 0 Å². The molecule has 1 rings (SSSR count). The van der Waals surface area contributed by atoms with Gasteiger partial charge in [0.15, 0.2) is 0 Å². The summed E-state index contributed by atoms with van der Waals surface area (Å²) in [6, 6.07) is 1.57. The standard InChI is InChI=1S/C13H15FN2O4S/c1-3-4-5-6-7-15-21(19,20)13-9-12(16(17)18)11(14)8-10(13)2/h1,8-9,15H,4-7H2,2H3. The molecule has 0 atom stereocenters. The molecule has 0 bridgehead atoms. The van der Waals surface area contributed by atoms with Crippen LogP contribution in [0.4, 0.5) is 10.1 Å². The van der Waals surface area contributed by atoms with Crippen molar-refractivity contribution >= 4 is 15.7 Å². The highest BCUT2D eigenvalue weighted by atomic mass is 32.2. The number of nitrogens with one attached hydrogen (secondary N) is 1. The Kier molecular flexibility index (Phi) is 5.81. The summed E-state index contributed by atoms with van der Waals surface area (Å²) in [5.41, 5.74) is -0.762. The molecule has 0 fully saturated rings. The van der Waals surface area contributed by atoms with Gasteiger partial charge in [0, 0.05) is 19.0 Å². The van der Waals surface area contributed by atoms with Crippen LogP contribution >= 0.6 is 0 Å². The maximum absolute atomic E-state index is 13.4. The average Bonchev–Trinajstić information content (AvgIpc) is 2.37. The molecular formula is C13H15FN2O4S. The average molecular weight is 314 g/mol. The van der Waals surface area contributed by atoms with Gasteiger partial charge in [0.1, 0.15) is 0 Å². The molecule has 0 amide bonds. The quantitative estimate of drug-likeness (QED) is 0.361. The topological polar surface area (TPSA) is 89.3 Å². The summed E-state index contributed by atoms with van der Waals surface area (Å²) in [5.74, 6) is 1.37. The van der Waals surface area contributed by atoms with Gasteiger partial charge in [-0.15, -0.1) is 12.3 Å². The first-order valence-electron chi connectivity index (χ1n) is 6.17. The Labute approximate surface area is 122 Å². The van der Waals surface area contributed by atoms with E-state index in [0.717, 1.165) is 12.1 Å². The fourth-order valence-electron chi connectivity index (χ4n) is 1.71. The molecule has 21 heavy (non-hydrogen) atoms. The van der Waals surface area contributed by atoms with Crippen LogP contribution in [0.3, 0.4) is 0 Å². The van der Waals surface area contributed by atoms with Gasteiger partial charge in [0.25, 0.3) is 0 Å². The number of benzene rings is 1. The van der Waals surface area contributed by atoms with Gasteiger partial charge in [-0.3, -0.25) is 10.1 Å². The molecule has 0 saturated carbocycles. The van der Waals surface area contributed by atoms with E-state index in [1.54, 1.807) is 0 Å². The minimum atomic E-state index is -3.92. The summed E-state index contributed by atoms with van der Waals surface area (Å²) in [7, 11) is -3.92. The molecule has 0 aliphatic heterocycles. The normalized spacial score (nSPS) is 11.1. The van der Waals surface area contributed by atoms with Gasteiger partial charge in [-0.25, -0.2) is 13.1 Å². The third-order valence-corrected chi connectivity index (χ3v) is 4.37. The lowest BCUT2D eigenvalue weighted by atomic mass is 10.2. The summed E-state index contributed by atoms with van der Waals surface area (Å²) < 4.78 is 39.9. The van der Waals surface area contributed by atoms with Crippen molar-refractivity contribution in [2.75, 3.05) is 6.54 Å². The predicted octanol–water partition coefficient (Wildman–Crippen LogP) is 2.12. The van der Waals surface area contributed by atoms with Crippen LogP contribution in [-0.2, 0) is 10.0 Å². The molecule has 1 N–H and O–H groups in total. The third kappa shape index (κ3) is 4.51. The molecule has 1 aromatic carbocycles. The zero-order chi connectivity index (χ0) is 16.0. The van der Waals surface area contributed by atoms with Gasteiger partial charge in [-0.2, -0.15) is 4.39 Å². The van der Waals surface area contributed by atoms with Crippen molar-refractivity contribution in [1.29, 1.82) is 0 Å². The number of hydrogen-bond acceptors (Lipinski definition) is 4. The van der Waals surface area contributed by atoms with E-state index >= 15 is 0 Å². The second-order valence-electron chi connectivity index (χ2n) is 4.39. The van der Waals surface area contributed by atoms with E-state index in [0.29, 0.717) is 19.3 Å². The number of unbranched alkanes of at least 4 members (excludes halogenated alkanes) is 2. The Morgan fingerprint density at radius 3 is 2.67 bits per heavy atom. The lowest BCUT2D eigenvalue weighted by Gasteiger charge is -2.09. The van der Waals surface area contributed by atoms with Crippen molar-refractivity contribution in [2.45, 2.75) is 31.1 Å². The van der Waals surface area contributed by atoms with Gasteiger partial charge in [-0.1, -0.05) is 0 Å². The Balaban J connectivity index is 2.95. The van der Waals surface area contributed by atoms with Crippen molar-refractivity contribution in [2.24, 2.45) is 0 Å². The van der Waals surface area contributed by atoms with Gasteiger partial charge in [0.05, 0.1) is 9.82 Å². The van der Waals surface area contributed by atoms with Gasteiger partial charge in [0.2, 0.25) is 15.8 Å². The highest BCUT2D eigenvalue weighted by Gasteiger charge is 2.23. The highest BCUT2D eigenvalue weighted by Crippen LogP contribution is 2.25. The molecule has 114 valence electrons. The number of nitro groups is 1. The van der Waals surface area contributed by atoms with Crippen molar-refractivity contribution < 1.29 is 17.7 Å². The largest absolute Gasteiger partial charge is 0.306 e. The number of hydrogen-bond donors (Lipinski definition) is 1. The van der Waals surface area contributed by atoms with E-state index in [1.807, 2.05) is 0 Å². The van der Waals surface area contributed by atoms with Crippen LogP contribution in [0.1, 0.15) is 24.8 Å². The molecule has 0 spiro atoms. The van der Waals surface area contributed by atoms with E-state index in [2.05, 4.69) is 10.6 Å². The molecule has 0 heterocycles. The highest BCUT2D eigenvalue weighted by molar-refractivity contribution is 7.89. The molecule has 0 unspecified atom stereocenters. The molecule has 6 nitrogen and oxygen atoms in total. The minimum absolute atomic E-state index is 0.106. The van der Waals surface area contributed by atoms with Crippen LogP contribution in [0.2, 0.25) is 0 Å². The molecule has 0 aliphatic carbocycles. The summed E-state index contributed by atoms with van der Waals surface area (Å²) in [4.78, 5) is 9.42. The summed E-state index contributed by atoms with van der Waals surface area (Å²) in [6.07, 6.45) is 6.84. The van der Waals surface area contributed by atoms with Gasteiger partial charge in [-0.05, 0) is 31.4 Å².